The van der Waals surface area contributed by atoms with Crippen LogP contribution in [0.5, 0.6) is 0 Å². The fourth-order valence-electron chi connectivity index (χ4n) is 2.78. The highest BCUT2D eigenvalue weighted by molar-refractivity contribution is 5.81. The number of amides is 1. The zero-order valence-corrected chi connectivity index (χ0v) is 10.9. The number of rotatable bonds is 3. The second-order valence-electron chi connectivity index (χ2n) is 5.40. The number of likely N-dealkylation sites (N-methyl/N-ethyl adjacent to an activating group) is 1. The lowest BCUT2D eigenvalue weighted by atomic mass is 9.98. The molecule has 0 aromatic heterocycles. The molecule has 3 unspecified atom stereocenters. The molecule has 98 valence electrons. The van der Waals surface area contributed by atoms with Gasteiger partial charge in [-0.2, -0.15) is 0 Å². The molecule has 17 heavy (non-hydrogen) atoms. The average molecular weight is 240 g/mol. The van der Waals surface area contributed by atoms with Crippen LogP contribution in [-0.2, 0) is 9.53 Å². The van der Waals surface area contributed by atoms with Crippen LogP contribution in [0, 0.1) is 0 Å². The molecule has 1 N–H and O–H groups in total. The quantitative estimate of drug-likeness (QED) is 0.804. The molecule has 2 fully saturated rings. The van der Waals surface area contributed by atoms with Crippen LogP contribution in [0.4, 0.5) is 0 Å². The third kappa shape index (κ3) is 3.42. The number of nitrogens with zero attached hydrogens (tertiary/aromatic N) is 1. The molecular weight excluding hydrogens is 216 g/mol. The number of nitrogens with one attached hydrogen (secondary N) is 1. The van der Waals surface area contributed by atoms with Gasteiger partial charge in [-0.05, 0) is 39.0 Å². The van der Waals surface area contributed by atoms with Gasteiger partial charge in [0.15, 0.2) is 0 Å². The molecule has 2 saturated heterocycles. The zero-order valence-electron chi connectivity index (χ0n) is 10.9. The molecule has 0 spiro atoms. The first kappa shape index (κ1) is 12.8. The summed E-state index contributed by atoms with van der Waals surface area (Å²) in [6.07, 6.45) is 5.78. The fourth-order valence-corrected chi connectivity index (χ4v) is 2.78. The Bertz CT molecular complexity index is 264. The lowest BCUT2D eigenvalue weighted by molar-refractivity contribution is -0.134. The van der Waals surface area contributed by atoms with Crippen molar-refractivity contribution in [1.82, 2.24) is 10.2 Å². The molecule has 0 saturated carbocycles. The molecule has 4 nitrogen and oxygen atoms in total. The molecule has 2 rings (SSSR count). The highest BCUT2D eigenvalue weighted by atomic mass is 16.5. The average Bonchev–Trinajstić information content (AvgIpc) is 2.80. The third-order valence-corrected chi connectivity index (χ3v) is 3.79. The highest BCUT2D eigenvalue weighted by Gasteiger charge is 2.28. The molecule has 0 aromatic rings. The molecular formula is C13H24N2O2. The molecule has 2 aliphatic heterocycles. The summed E-state index contributed by atoms with van der Waals surface area (Å²) in [6, 6.07) is 0.485. The molecule has 0 aliphatic carbocycles. The van der Waals surface area contributed by atoms with Gasteiger partial charge in [-0.3, -0.25) is 4.79 Å². The SMILES string of the molecule is CC1CCCC(C(=O)N(C)CC2CCCO2)N1. The second kappa shape index (κ2) is 5.83. The van der Waals surface area contributed by atoms with Gasteiger partial charge in [0.2, 0.25) is 5.91 Å². The minimum absolute atomic E-state index is 0.0187. The largest absolute Gasteiger partial charge is 0.376 e. The van der Waals surface area contributed by atoms with E-state index in [9.17, 15) is 4.79 Å². The van der Waals surface area contributed by atoms with Crippen LogP contribution in [0.15, 0.2) is 0 Å². The molecule has 0 aromatic carbocycles. The molecule has 0 bridgehead atoms. The van der Waals surface area contributed by atoms with Gasteiger partial charge in [-0.1, -0.05) is 0 Å². The summed E-state index contributed by atoms with van der Waals surface area (Å²) in [5.74, 6) is 0.229. The molecule has 3 atom stereocenters. The molecule has 1 amide bonds. The minimum Gasteiger partial charge on any atom is -0.376 e. The summed E-state index contributed by atoms with van der Waals surface area (Å²) < 4.78 is 5.57. The smallest absolute Gasteiger partial charge is 0.239 e. The van der Waals surface area contributed by atoms with Crippen molar-refractivity contribution >= 4 is 5.91 Å². The van der Waals surface area contributed by atoms with Gasteiger partial charge in [-0.25, -0.2) is 0 Å². The van der Waals surface area contributed by atoms with Crippen molar-refractivity contribution in [3.8, 4) is 0 Å². The minimum atomic E-state index is 0.0187. The van der Waals surface area contributed by atoms with Crippen molar-refractivity contribution in [2.75, 3.05) is 20.2 Å². The van der Waals surface area contributed by atoms with E-state index in [0.717, 1.165) is 38.8 Å². The van der Waals surface area contributed by atoms with Crippen molar-refractivity contribution in [3.05, 3.63) is 0 Å². The van der Waals surface area contributed by atoms with E-state index in [1.807, 2.05) is 11.9 Å². The van der Waals surface area contributed by atoms with E-state index >= 15 is 0 Å². The first-order valence-electron chi connectivity index (χ1n) is 6.79. The van der Waals surface area contributed by atoms with Gasteiger partial charge in [-0.15, -0.1) is 0 Å². The number of hydrogen-bond acceptors (Lipinski definition) is 3. The summed E-state index contributed by atoms with van der Waals surface area (Å²) in [7, 11) is 1.89. The summed E-state index contributed by atoms with van der Waals surface area (Å²) >= 11 is 0. The second-order valence-corrected chi connectivity index (χ2v) is 5.40. The van der Waals surface area contributed by atoms with Crippen molar-refractivity contribution < 1.29 is 9.53 Å². The topological polar surface area (TPSA) is 41.6 Å². The van der Waals surface area contributed by atoms with Crippen molar-refractivity contribution in [2.45, 2.75) is 57.2 Å². The van der Waals surface area contributed by atoms with E-state index in [-0.39, 0.29) is 18.1 Å². The monoisotopic (exact) mass is 240 g/mol. The Balaban J connectivity index is 1.81. The number of ether oxygens (including phenoxy) is 1. The Hall–Kier alpha value is -0.610. The lowest BCUT2D eigenvalue weighted by Gasteiger charge is -2.31. The summed E-state index contributed by atoms with van der Waals surface area (Å²) in [4.78, 5) is 14.1. The van der Waals surface area contributed by atoms with Crippen LogP contribution in [-0.4, -0.2) is 49.2 Å². The van der Waals surface area contributed by atoms with Gasteiger partial charge in [0.25, 0.3) is 0 Å². The molecule has 2 heterocycles. The Kier molecular flexibility index (Phi) is 4.40. The standard InChI is InChI=1S/C13H24N2O2/c1-10-5-3-7-12(14-10)13(16)15(2)9-11-6-4-8-17-11/h10-12,14H,3-9H2,1-2H3. The highest BCUT2D eigenvalue weighted by Crippen LogP contribution is 2.16. The third-order valence-electron chi connectivity index (χ3n) is 3.79. The Labute approximate surface area is 104 Å². The number of hydrogen-bond donors (Lipinski definition) is 1. The van der Waals surface area contributed by atoms with Crippen LogP contribution in [0.3, 0.4) is 0 Å². The number of carbonyl (C=O) groups is 1. The maximum absolute atomic E-state index is 12.2. The van der Waals surface area contributed by atoms with Crippen molar-refractivity contribution in [1.29, 1.82) is 0 Å². The normalized spacial score (nSPS) is 33.6. The fraction of sp³-hybridized carbons (Fsp3) is 0.923. The first-order valence-corrected chi connectivity index (χ1v) is 6.79. The van der Waals surface area contributed by atoms with Crippen molar-refractivity contribution in [3.63, 3.8) is 0 Å². The van der Waals surface area contributed by atoms with Crippen LogP contribution >= 0.6 is 0 Å². The predicted octanol–water partition coefficient (Wildman–Crippen LogP) is 1.15. The van der Waals surface area contributed by atoms with E-state index in [1.165, 1.54) is 6.42 Å². The lowest BCUT2D eigenvalue weighted by Crippen LogP contribution is -2.51. The summed E-state index contributed by atoms with van der Waals surface area (Å²) in [6.45, 7) is 3.75. The van der Waals surface area contributed by atoms with E-state index < -0.39 is 0 Å². The van der Waals surface area contributed by atoms with Crippen molar-refractivity contribution in [2.24, 2.45) is 0 Å². The Morgan fingerprint density at radius 1 is 1.35 bits per heavy atom. The number of piperidine rings is 1. The van der Waals surface area contributed by atoms with E-state index in [0.29, 0.717) is 6.04 Å². The first-order chi connectivity index (χ1) is 8.16. The summed E-state index contributed by atoms with van der Waals surface area (Å²) in [5, 5.41) is 3.39. The molecule has 4 heteroatoms. The van der Waals surface area contributed by atoms with Crippen LogP contribution in [0.25, 0.3) is 0 Å². The van der Waals surface area contributed by atoms with Crippen LogP contribution < -0.4 is 5.32 Å². The van der Waals surface area contributed by atoms with Crippen LogP contribution in [0.1, 0.15) is 39.0 Å². The van der Waals surface area contributed by atoms with E-state index in [1.54, 1.807) is 0 Å². The maximum Gasteiger partial charge on any atom is 0.239 e. The Morgan fingerprint density at radius 2 is 2.18 bits per heavy atom. The molecule has 2 aliphatic rings. The Morgan fingerprint density at radius 3 is 2.82 bits per heavy atom. The van der Waals surface area contributed by atoms with Gasteiger partial charge in [0.1, 0.15) is 0 Å². The van der Waals surface area contributed by atoms with Crippen LogP contribution in [0.2, 0.25) is 0 Å². The number of carbonyl (C=O) groups excluding carboxylic acids is 1. The van der Waals surface area contributed by atoms with Gasteiger partial charge in [0, 0.05) is 26.2 Å². The van der Waals surface area contributed by atoms with Gasteiger partial charge >= 0.3 is 0 Å². The maximum atomic E-state index is 12.2. The van der Waals surface area contributed by atoms with E-state index in [2.05, 4.69) is 12.2 Å². The zero-order chi connectivity index (χ0) is 12.3. The van der Waals surface area contributed by atoms with Gasteiger partial charge < -0.3 is 15.0 Å². The van der Waals surface area contributed by atoms with E-state index in [4.69, 9.17) is 4.74 Å². The predicted molar refractivity (Wildman–Crippen MR) is 66.8 cm³/mol. The molecule has 0 radical (unpaired) electrons. The summed E-state index contributed by atoms with van der Waals surface area (Å²) in [5.41, 5.74) is 0. The van der Waals surface area contributed by atoms with Gasteiger partial charge in [0.05, 0.1) is 12.1 Å².